The topological polar surface area (TPSA) is 106 Å². The molecular formula is C30H64O10. The van der Waals surface area contributed by atoms with Gasteiger partial charge in [0.1, 0.15) is 31.2 Å². The van der Waals surface area contributed by atoms with E-state index < -0.39 is 0 Å². The second-order valence-electron chi connectivity index (χ2n) is 11.8. The Hall–Kier alpha value is -0.400. The van der Waals surface area contributed by atoms with Gasteiger partial charge < -0.3 is 47.4 Å². The Labute approximate surface area is 245 Å². The quantitative estimate of drug-likeness (QED) is 0.159. The fourth-order valence-electron chi connectivity index (χ4n) is 3.22. The predicted molar refractivity (Wildman–Crippen MR) is 158 cm³/mol. The normalized spacial score (nSPS) is 27.9. The van der Waals surface area contributed by atoms with Crippen LogP contribution in [-0.4, -0.2) is 121 Å². The van der Waals surface area contributed by atoms with Gasteiger partial charge in [0.15, 0.2) is 0 Å². The lowest BCUT2D eigenvalue weighted by molar-refractivity contribution is -0.0352. The molecular weight excluding hydrogens is 520 g/mol. The number of epoxide rings is 4. The summed E-state index contributed by atoms with van der Waals surface area (Å²) in [4.78, 5) is 0. The fraction of sp³-hybridized carbons (Fsp3) is 1.00. The van der Waals surface area contributed by atoms with E-state index in [2.05, 4.69) is 41.5 Å². The van der Waals surface area contributed by atoms with Crippen LogP contribution >= 0.6 is 0 Å². The zero-order chi connectivity index (χ0) is 29.0. The lowest BCUT2D eigenvalue weighted by atomic mass is 10.1. The highest BCUT2D eigenvalue weighted by Crippen LogP contribution is 2.36. The minimum atomic E-state index is 0. The van der Waals surface area contributed by atoms with Crippen molar-refractivity contribution in [1.82, 2.24) is 0 Å². The van der Waals surface area contributed by atoms with Gasteiger partial charge in [-0.25, -0.2) is 0 Å². The van der Waals surface area contributed by atoms with Gasteiger partial charge in [-0.3, -0.25) is 0 Å². The highest BCUT2D eigenvalue weighted by Gasteiger charge is 2.49. The predicted octanol–water partition coefficient (Wildman–Crippen LogP) is 4.89. The summed E-state index contributed by atoms with van der Waals surface area (Å²) in [5, 5.41) is 0. The van der Waals surface area contributed by atoms with Crippen LogP contribution in [0.2, 0.25) is 0 Å². The van der Waals surface area contributed by atoms with E-state index in [9.17, 15) is 0 Å². The second-order valence-corrected chi connectivity index (χ2v) is 11.8. The fourth-order valence-corrected chi connectivity index (χ4v) is 3.22. The van der Waals surface area contributed by atoms with Crippen LogP contribution in [0.5, 0.6) is 0 Å². The largest absolute Gasteiger partial charge is 0.382 e. The van der Waals surface area contributed by atoms with Gasteiger partial charge in [0.25, 0.3) is 0 Å². The van der Waals surface area contributed by atoms with Crippen LogP contribution in [-0.2, 0) is 47.4 Å². The van der Waals surface area contributed by atoms with Crippen LogP contribution in [0.4, 0.5) is 0 Å². The Morgan fingerprint density at radius 1 is 0.475 bits per heavy atom. The Kier molecular flexibility index (Phi) is 19.8. The summed E-state index contributed by atoms with van der Waals surface area (Å²) < 4.78 is 51.1. The zero-order valence-corrected chi connectivity index (χ0v) is 26.0. The Balaban J connectivity index is 0. The molecule has 244 valence electrons. The number of hydrogen-bond acceptors (Lipinski definition) is 10. The van der Waals surface area contributed by atoms with E-state index >= 15 is 0 Å². The lowest BCUT2D eigenvalue weighted by Gasteiger charge is -2.00. The third-order valence-corrected chi connectivity index (χ3v) is 6.62. The molecule has 10 heteroatoms. The molecule has 4 aliphatic rings. The van der Waals surface area contributed by atoms with Gasteiger partial charge in [-0.05, 0) is 62.3 Å². The van der Waals surface area contributed by atoms with Crippen LogP contribution in [0, 0.1) is 0 Å². The molecule has 0 aromatic carbocycles. The van der Waals surface area contributed by atoms with Gasteiger partial charge in [-0.15, -0.1) is 0 Å². The van der Waals surface area contributed by atoms with Gasteiger partial charge in [0, 0.05) is 27.9 Å². The van der Waals surface area contributed by atoms with Crippen LogP contribution in [0.1, 0.15) is 77.2 Å². The minimum absolute atomic E-state index is 0. The van der Waals surface area contributed by atoms with Crippen LogP contribution < -0.4 is 0 Å². The maximum absolute atomic E-state index is 5.32. The zero-order valence-electron chi connectivity index (χ0n) is 26.0. The summed E-state index contributed by atoms with van der Waals surface area (Å²) in [6.07, 6.45) is 1.24. The molecule has 0 bridgehead atoms. The van der Waals surface area contributed by atoms with Gasteiger partial charge >= 0.3 is 0 Å². The lowest BCUT2D eigenvalue weighted by Crippen LogP contribution is -2.12. The van der Waals surface area contributed by atoms with Crippen LogP contribution in [0.15, 0.2) is 0 Å². The molecule has 4 aliphatic heterocycles. The highest BCUT2D eigenvalue weighted by atomic mass is 16.7. The number of rotatable bonds is 14. The Bertz CT molecular complexity index is 638. The minimum Gasteiger partial charge on any atom is -0.382 e. The first-order chi connectivity index (χ1) is 17.7. The molecule has 4 rings (SSSR count). The van der Waals surface area contributed by atoms with Crippen molar-refractivity contribution >= 4 is 0 Å². The molecule has 4 atom stereocenters. The van der Waals surface area contributed by atoms with E-state index in [-0.39, 0.29) is 43.4 Å². The summed E-state index contributed by atoms with van der Waals surface area (Å²) in [6, 6.07) is 0. The summed E-state index contributed by atoms with van der Waals surface area (Å²) in [6.45, 7) is 23.8. The van der Waals surface area contributed by atoms with Gasteiger partial charge in [0.2, 0.25) is 0 Å². The summed E-state index contributed by atoms with van der Waals surface area (Å²) in [5.41, 5.74) is 0.270. The van der Waals surface area contributed by atoms with E-state index in [1.165, 1.54) is 0 Å². The third-order valence-electron chi connectivity index (χ3n) is 6.62. The molecule has 4 heterocycles. The Morgan fingerprint density at radius 2 is 0.825 bits per heavy atom. The summed E-state index contributed by atoms with van der Waals surface area (Å²) in [5.74, 6) is 0. The molecule has 0 saturated carbocycles. The maximum atomic E-state index is 5.32. The van der Waals surface area contributed by atoms with Crippen molar-refractivity contribution in [2.45, 2.75) is 124 Å². The van der Waals surface area contributed by atoms with Crippen molar-refractivity contribution in [3.8, 4) is 0 Å². The monoisotopic (exact) mass is 584 g/mol. The van der Waals surface area contributed by atoms with Crippen LogP contribution in [0.25, 0.3) is 0 Å². The molecule has 0 radical (unpaired) electrons. The molecule has 4 saturated heterocycles. The first-order valence-electron chi connectivity index (χ1n) is 13.6. The van der Waals surface area contributed by atoms with Crippen molar-refractivity contribution in [2.24, 2.45) is 0 Å². The number of ether oxygens (including phenoxy) is 10. The second kappa shape index (κ2) is 19.0. The van der Waals surface area contributed by atoms with Crippen molar-refractivity contribution in [2.75, 3.05) is 74.4 Å². The first-order valence-corrected chi connectivity index (χ1v) is 13.6. The third kappa shape index (κ3) is 17.5. The average molecular weight is 585 g/mol. The van der Waals surface area contributed by atoms with Gasteiger partial charge in [-0.2, -0.15) is 0 Å². The number of hydrogen-bond donors (Lipinski definition) is 0. The van der Waals surface area contributed by atoms with Crippen LogP contribution in [0.3, 0.4) is 0 Å². The molecule has 0 aromatic rings. The van der Waals surface area contributed by atoms with E-state index in [0.29, 0.717) is 51.5 Å². The summed E-state index contributed by atoms with van der Waals surface area (Å²) >= 11 is 0. The molecule has 0 spiro atoms. The first kappa shape index (κ1) is 41.7. The SMILES string of the molecule is C.C.CCOCC1OC1(C)C.COCC1OC1(C)C.COCCOCC1OC1(C)C.COCOCC1OC1(C)C. The maximum Gasteiger partial charge on any atom is 0.146 e. The molecule has 0 N–H and O–H groups in total. The van der Waals surface area contributed by atoms with Gasteiger partial charge in [0.05, 0.1) is 62.0 Å². The smallest absolute Gasteiger partial charge is 0.146 e. The van der Waals surface area contributed by atoms with E-state index in [4.69, 9.17) is 47.4 Å². The molecule has 0 aromatic heterocycles. The molecule has 0 aliphatic carbocycles. The highest BCUT2D eigenvalue weighted by molar-refractivity contribution is 4.96. The molecule has 40 heavy (non-hydrogen) atoms. The standard InChI is InChI=1S/C8H16O3.C7H14O3.C7H14O2.C6H12O2.2CH4/c1-8(2)7(11-8)6-10-5-4-9-3;1-7(2)6(10-7)4-9-5-8-3;1-4-8-5-6-7(2,3)9-6;1-6(2)5(8-6)4-7-3;;/h7H,4-6H2,1-3H3;6H,4-5H2,1-3H3;6H,4-5H2,1-3H3;5H,4H2,1-3H3;2*1H4. The molecule has 4 fully saturated rings. The van der Waals surface area contributed by atoms with Crippen molar-refractivity contribution in [3.63, 3.8) is 0 Å². The number of methoxy groups -OCH3 is 3. The van der Waals surface area contributed by atoms with Crippen molar-refractivity contribution in [3.05, 3.63) is 0 Å². The molecule has 4 unspecified atom stereocenters. The Morgan fingerprint density at radius 3 is 1.10 bits per heavy atom. The van der Waals surface area contributed by atoms with E-state index in [1.807, 2.05) is 20.8 Å². The molecule has 10 nitrogen and oxygen atoms in total. The van der Waals surface area contributed by atoms with E-state index in [0.717, 1.165) is 19.8 Å². The average Bonchev–Trinajstić information content (AvgIpc) is 3.79. The van der Waals surface area contributed by atoms with Gasteiger partial charge in [-0.1, -0.05) is 14.9 Å². The van der Waals surface area contributed by atoms with E-state index in [1.54, 1.807) is 21.3 Å². The summed E-state index contributed by atoms with van der Waals surface area (Å²) in [7, 11) is 4.97. The van der Waals surface area contributed by atoms with Crippen molar-refractivity contribution < 1.29 is 47.4 Å². The van der Waals surface area contributed by atoms with Crippen molar-refractivity contribution in [1.29, 1.82) is 0 Å². The molecule has 0 amide bonds.